The maximum absolute atomic E-state index is 12.3. The number of amides is 1. The fourth-order valence-electron chi connectivity index (χ4n) is 3.00. The Labute approximate surface area is 150 Å². The monoisotopic (exact) mass is 349 g/mol. The minimum atomic E-state index is -1.03. The number of carbonyl (C=O) groups excluding carboxylic acids is 1. The lowest BCUT2D eigenvalue weighted by Gasteiger charge is -2.19. The number of hydrogen-bond donors (Lipinski definition) is 3. The van der Waals surface area contributed by atoms with Crippen molar-refractivity contribution in [3.05, 3.63) is 11.8 Å². The van der Waals surface area contributed by atoms with E-state index in [4.69, 9.17) is 10.4 Å². The maximum Gasteiger partial charge on any atom is 0.325 e. The van der Waals surface area contributed by atoms with Gasteiger partial charge in [0, 0.05) is 12.2 Å². The van der Waals surface area contributed by atoms with Crippen LogP contribution in [0.3, 0.4) is 0 Å². The van der Waals surface area contributed by atoms with Crippen LogP contribution in [0, 0.1) is 11.3 Å². The highest BCUT2D eigenvalue weighted by atomic mass is 16.4. The number of rotatable bonds is 5. The molecule has 0 aliphatic heterocycles. The van der Waals surface area contributed by atoms with E-state index in [9.17, 15) is 9.59 Å². The summed E-state index contributed by atoms with van der Waals surface area (Å²) in [5, 5.41) is 23.5. The van der Waals surface area contributed by atoms with Crippen LogP contribution in [0.15, 0.2) is 11.8 Å². The number of hydrogen-bond acceptors (Lipinski definition) is 4. The van der Waals surface area contributed by atoms with Gasteiger partial charge in [-0.15, -0.1) is 0 Å². The number of carbonyl (C=O) groups is 2. The molecule has 0 spiro atoms. The van der Waals surface area contributed by atoms with Crippen LogP contribution in [0.1, 0.15) is 77.6 Å². The molecule has 1 fully saturated rings. The highest BCUT2D eigenvalue weighted by Crippen LogP contribution is 2.17. The summed E-state index contributed by atoms with van der Waals surface area (Å²) in [7, 11) is 0. The van der Waals surface area contributed by atoms with Crippen molar-refractivity contribution in [2.24, 2.45) is 0 Å². The van der Waals surface area contributed by atoms with E-state index in [1.165, 1.54) is 58.1 Å². The van der Waals surface area contributed by atoms with Gasteiger partial charge in [-0.3, -0.25) is 9.59 Å². The van der Waals surface area contributed by atoms with E-state index in [1.54, 1.807) is 0 Å². The van der Waals surface area contributed by atoms with Crippen LogP contribution in [-0.2, 0) is 9.59 Å². The van der Waals surface area contributed by atoms with Crippen LogP contribution in [0.2, 0.25) is 0 Å². The van der Waals surface area contributed by atoms with Crippen molar-refractivity contribution >= 4 is 11.9 Å². The molecule has 0 aromatic heterocycles. The molecule has 1 aliphatic rings. The molecule has 0 aromatic rings. The molecule has 0 saturated heterocycles. The largest absolute Gasteiger partial charge is 0.480 e. The molecule has 0 heterocycles. The SMILES string of the molecule is CC(N/C=C(/C#N)C(=O)NC1CCCCCCCCCCC1)C(=O)O. The van der Waals surface area contributed by atoms with Gasteiger partial charge in [-0.25, -0.2) is 0 Å². The molecule has 1 atom stereocenters. The second kappa shape index (κ2) is 12.3. The van der Waals surface area contributed by atoms with Crippen molar-refractivity contribution in [1.82, 2.24) is 10.6 Å². The van der Waals surface area contributed by atoms with Gasteiger partial charge < -0.3 is 15.7 Å². The van der Waals surface area contributed by atoms with Gasteiger partial charge >= 0.3 is 5.97 Å². The lowest BCUT2D eigenvalue weighted by Crippen LogP contribution is -2.37. The number of nitrogens with zero attached hydrogens (tertiary/aromatic N) is 1. The predicted octanol–water partition coefficient (Wildman–Crippen LogP) is 3.25. The van der Waals surface area contributed by atoms with Crippen LogP contribution in [0.4, 0.5) is 0 Å². The van der Waals surface area contributed by atoms with Crippen LogP contribution < -0.4 is 10.6 Å². The molecule has 140 valence electrons. The van der Waals surface area contributed by atoms with Gasteiger partial charge in [0.2, 0.25) is 0 Å². The zero-order valence-corrected chi connectivity index (χ0v) is 15.2. The van der Waals surface area contributed by atoms with E-state index in [0.29, 0.717) is 0 Å². The molecule has 0 aromatic carbocycles. The van der Waals surface area contributed by atoms with Gasteiger partial charge in [0.05, 0.1) is 0 Å². The zero-order valence-electron chi connectivity index (χ0n) is 15.2. The van der Waals surface area contributed by atoms with Gasteiger partial charge in [-0.1, -0.05) is 57.8 Å². The van der Waals surface area contributed by atoms with Crippen LogP contribution in [-0.4, -0.2) is 29.1 Å². The van der Waals surface area contributed by atoms with Crippen molar-refractivity contribution in [1.29, 1.82) is 5.26 Å². The normalized spacial score (nSPS) is 19.6. The molecule has 0 radical (unpaired) electrons. The van der Waals surface area contributed by atoms with Crippen LogP contribution in [0.5, 0.6) is 0 Å². The lowest BCUT2D eigenvalue weighted by atomic mass is 9.98. The summed E-state index contributed by atoms with van der Waals surface area (Å²) < 4.78 is 0. The third-order valence-corrected chi connectivity index (χ3v) is 4.65. The Balaban J connectivity index is 2.57. The molecule has 3 N–H and O–H groups in total. The van der Waals surface area contributed by atoms with Gasteiger partial charge in [0.1, 0.15) is 17.7 Å². The zero-order chi connectivity index (χ0) is 18.5. The molecule has 1 rings (SSSR count). The average molecular weight is 349 g/mol. The third-order valence-electron chi connectivity index (χ3n) is 4.65. The molecule has 1 amide bonds. The van der Waals surface area contributed by atoms with Crippen molar-refractivity contribution in [2.45, 2.75) is 89.6 Å². The van der Waals surface area contributed by atoms with E-state index in [1.807, 2.05) is 6.07 Å². The first kappa shape index (κ1) is 21.0. The van der Waals surface area contributed by atoms with E-state index in [0.717, 1.165) is 25.7 Å². The molecular weight excluding hydrogens is 318 g/mol. The first-order valence-corrected chi connectivity index (χ1v) is 9.44. The molecule has 25 heavy (non-hydrogen) atoms. The second-order valence-corrected chi connectivity index (χ2v) is 6.83. The number of carboxylic acid groups (broad SMARTS) is 1. The lowest BCUT2D eigenvalue weighted by molar-refractivity contribution is -0.138. The van der Waals surface area contributed by atoms with Crippen LogP contribution >= 0.6 is 0 Å². The summed E-state index contributed by atoms with van der Waals surface area (Å²) in [4.78, 5) is 23.1. The molecule has 1 unspecified atom stereocenters. The topological polar surface area (TPSA) is 102 Å². The van der Waals surface area contributed by atoms with Crippen LogP contribution in [0.25, 0.3) is 0 Å². The fraction of sp³-hybridized carbons (Fsp3) is 0.737. The van der Waals surface area contributed by atoms with Crippen molar-refractivity contribution in [3.8, 4) is 6.07 Å². The summed E-state index contributed by atoms with van der Waals surface area (Å²) in [6.07, 6.45) is 14.0. The highest BCUT2D eigenvalue weighted by molar-refractivity contribution is 5.97. The quantitative estimate of drug-likeness (QED) is 0.522. The van der Waals surface area contributed by atoms with E-state index < -0.39 is 17.9 Å². The average Bonchev–Trinajstić information content (AvgIpc) is 2.57. The Morgan fingerprint density at radius 2 is 1.52 bits per heavy atom. The summed E-state index contributed by atoms with van der Waals surface area (Å²) >= 11 is 0. The minimum absolute atomic E-state index is 0.0839. The smallest absolute Gasteiger partial charge is 0.325 e. The Bertz CT molecular complexity index is 485. The van der Waals surface area contributed by atoms with Crippen molar-refractivity contribution in [2.75, 3.05) is 0 Å². The van der Waals surface area contributed by atoms with E-state index in [-0.39, 0.29) is 11.6 Å². The molecule has 1 aliphatic carbocycles. The Hall–Kier alpha value is -2.03. The minimum Gasteiger partial charge on any atom is -0.480 e. The molecular formula is C19H31N3O3. The van der Waals surface area contributed by atoms with Gasteiger partial charge in [0.25, 0.3) is 5.91 Å². The van der Waals surface area contributed by atoms with Crippen molar-refractivity contribution in [3.63, 3.8) is 0 Å². The van der Waals surface area contributed by atoms with Gasteiger partial charge in [0.15, 0.2) is 0 Å². The van der Waals surface area contributed by atoms with Crippen molar-refractivity contribution < 1.29 is 14.7 Å². The predicted molar refractivity (Wildman–Crippen MR) is 96.6 cm³/mol. The number of nitriles is 1. The first-order valence-electron chi connectivity index (χ1n) is 9.44. The molecule has 6 heteroatoms. The van der Waals surface area contributed by atoms with Gasteiger partial charge in [-0.2, -0.15) is 5.26 Å². The highest BCUT2D eigenvalue weighted by Gasteiger charge is 2.17. The number of nitrogens with one attached hydrogen (secondary N) is 2. The Kier molecular flexibility index (Phi) is 10.4. The molecule has 0 bridgehead atoms. The number of carboxylic acids is 1. The Morgan fingerprint density at radius 3 is 1.96 bits per heavy atom. The summed E-state index contributed by atoms with van der Waals surface area (Å²) in [6, 6.07) is 1.08. The van der Waals surface area contributed by atoms with Gasteiger partial charge in [-0.05, 0) is 19.8 Å². The molecule has 1 saturated carbocycles. The molecule has 6 nitrogen and oxygen atoms in total. The Morgan fingerprint density at radius 1 is 1.04 bits per heavy atom. The number of aliphatic carboxylic acids is 1. The fourth-order valence-corrected chi connectivity index (χ4v) is 3.00. The third kappa shape index (κ3) is 9.13. The second-order valence-electron chi connectivity index (χ2n) is 6.83. The standard InChI is InChI=1S/C19H31N3O3/c1-15(19(24)25)21-14-16(13-20)18(23)22-17-11-9-7-5-3-2-4-6-8-10-12-17/h14-15,17,21H,2-12H2,1H3,(H,22,23)(H,24,25)/b16-14-. The maximum atomic E-state index is 12.3. The first-order chi connectivity index (χ1) is 12.0. The van der Waals surface area contributed by atoms with E-state index >= 15 is 0 Å². The summed E-state index contributed by atoms with van der Waals surface area (Å²) in [6.45, 7) is 1.46. The van der Waals surface area contributed by atoms with E-state index in [2.05, 4.69) is 10.6 Å². The summed E-state index contributed by atoms with van der Waals surface area (Å²) in [5.41, 5.74) is -0.0841. The summed E-state index contributed by atoms with van der Waals surface area (Å²) in [5.74, 6) is -1.46.